The van der Waals surface area contributed by atoms with Gasteiger partial charge in [0.2, 0.25) is 5.75 Å². The molecule has 196 valence electrons. The minimum absolute atomic E-state index is 0.107. The molecule has 1 heterocycles. The number of fused-ring (bicyclic) bond motifs is 1. The lowest BCUT2D eigenvalue weighted by molar-refractivity contribution is -0.132. The van der Waals surface area contributed by atoms with Gasteiger partial charge in [0, 0.05) is 11.3 Å². The molecule has 1 N–H and O–H groups in total. The number of nitrogens with zero attached hydrogens (tertiary/aromatic N) is 1. The van der Waals surface area contributed by atoms with E-state index < -0.39 is 23.5 Å². The van der Waals surface area contributed by atoms with Gasteiger partial charge in [0.1, 0.15) is 11.6 Å². The second-order valence-electron chi connectivity index (χ2n) is 9.30. The molecule has 0 bridgehead atoms. The Bertz CT molecular complexity index is 1440. The van der Waals surface area contributed by atoms with Crippen LogP contribution in [0.4, 0.5) is 10.1 Å². The Balaban J connectivity index is 1.75. The summed E-state index contributed by atoms with van der Waals surface area (Å²) in [7, 11) is 4.38. The van der Waals surface area contributed by atoms with Crippen LogP contribution in [0.2, 0.25) is 0 Å². The zero-order valence-electron chi connectivity index (χ0n) is 21.4. The van der Waals surface area contributed by atoms with Crippen LogP contribution in [0.25, 0.3) is 5.76 Å². The number of aliphatic hydroxyl groups excluding tert-OH is 1. The van der Waals surface area contributed by atoms with Gasteiger partial charge in [-0.25, -0.2) is 4.39 Å². The lowest BCUT2D eigenvalue weighted by Crippen LogP contribution is -2.29. The van der Waals surface area contributed by atoms with E-state index in [1.807, 2.05) is 12.1 Å². The second kappa shape index (κ2) is 10.2. The number of amides is 1. The SMILES string of the molecule is COc1cc(C2/C(=C(\O)c3ccc4c(c3)CCCC4)C(=O)C(=O)N2c2cccc(F)c2)cc(OC)c1OC. The van der Waals surface area contributed by atoms with Crippen LogP contribution < -0.4 is 19.1 Å². The Hall–Kier alpha value is -4.33. The highest BCUT2D eigenvalue weighted by Gasteiger charge is 2.47. The summed E-state index contributed by atoms with van der Waals surface area (Å²) >= 11 is 0. The highest BCUT2D eigenvalue weighted by atomic mass is 19.1. The molecule has 1 unspecified atom stereocenters. The zero-order valence-corrected chi connectivity index (χ0v) is 21.4. The number of aryl methyl sites for hydroxylation is 2. The Kier molecular flexibility index (Phi) is 6.80. The molecular formula is C30H28FNO6. The minimum atomic E-state index is -1.08. The van der Waals surface area contributed by atoms with Gasteiger partial charge in [-0.15, -0.1) is 0 Å². The van der Waals surface area contributed by atoms with Gasteiger partial charge in [0.25, 0.3) is 11.7 Å². The number of methoxy groups -OCH3 is 3. The maximum atomic E-state index is 14.3. The molecule has 0 saturated carbocycles. The fourth-order valence-corrected chi connectivity index (χ4v) is 5.34. The van der Waals surface area contributed by atoms with E-state index in [2.05, 4.69) is 0 Å². The van der Waals surface area contributed by atoms with Crippen LogP contribution >= 0.6 is 0 Å². The maximum absolute atomic E-state index is 14.3. The van der Waals surface area contributed by atoms with Crippen LogP contribution in [0.3, 0.4) is 0 Å². The van der Waals surface area contributed by atoms with E-state index in [1.54, 1.807) is 18.2 Å². The number of rotatable bonds is 6. The van der Waals surface area contributed by atoms with Gasteiger partial charge >= 0.3 is 0 Å². The van der Waals surface area contributed by atoms with E-state index >= 15 is 0 Å². The largest absolute Gasteiger partial charge is 0.507 e. The van der Waals surface area contributed by atoms with Crippen molar-refractivity contribution >= 4 is 23.1 Å². The standard InChI is InChI=1S/C30H28FNO6/c1-36-23-14-20(15-24(37-2)29(23)38-3)26-25(27(33)19-12-11-17-7-4-5-8-18(17)13-19)28(34)30(35)32(26)22-10-6-9-21(31)16-22/h6,9-16,26,33H,4-5,7-8H2,1-3H3/b27-25+. The average molecular weight is 518 g/mol. The molecule has 2 aliphatic rings. The van der Waals surface area contributed by atoms with Crippen molar-refractivity contribution < 1.29 is 33.3 Å². The highest BCUT2D eigenvalue weighted by molar-refractivity contribution is 6.51. The predicted octanol–water partition coefficient (Wildman–Crippen LogP) is 5.36. The van der Waals surface area contributed by atoms with Gasteiger partial charge in [0.15, 0.2) is 11.5 Å². The molecule has 0 spiro atoms. The fraction of sp³-hybridized carbons (Fsp3) is 0.267. The maximum Gasteiger partial charge on any atom is 0.300 e. The minimum Gasteiger partial charge on any atom is -0.507 e. The molecule has 3 aromatic carbocycles. The monoisotopic (exact) mass is 517 g/mol. The molecule has 1 aliphatic heterocycles. The van der Waals surface area contributed by atoms with Gasteiger partial charge in [0.05, 0.1) is 32.9 Å². The number of ketones is 1. The van der Waals surface area contributed by atoms with E-state index in [4.69, 9.17) is 14.2 Å². The van der Waals surface area contributed by atoms with Crippen LogP contribution in [-0.4, -0.2) is 38.1 Å². The van der Waals surface area contributed by atoms with Crippen LogP contribution in [0.15, 0.2) is 60.2 Å². The van der Waals surface area contributed by atoms with Crippen molar-refractivity contribution in [1.82, 2.24) is 0 Å². The molecule has 5 rings (SSSR count). The molecule has 0 aromatic heterocycles. The van der Waals surface area contributed by atoms with E-state index in [9.17, 15) is 19.1 Å². The van der Waals surface area contributed by atoms with Crippen molar-refractivity contribution in [2.45, 2.75) is 31.7 Å². The summed E-state index contributed by atoms with van der Waals surface area (Å²) in [5.74, 6) is -1.67. The summed E-state index contributed by atoms with van der Waals surface area (Å²) in [4.78, 5) is 28.1. The van der Waals surface area contributed by atoms with E-state index in [0.717, 1.165) is 31.2 Å². The van der Waals surface area contributed by atoms with Gasteiger partial charge in [-0.05, 0) is 78.8 Å². The number of ether oxygens (including phenoxy) is 3. The van der Waals surface area contributed by atoms with Gasteiger partial charge in [-0.2, -0.15) is 0 Å². The van der Waals surface area contributed by atoms with E-state index in [0.29, 0.717) is 28.4 Å². The summed E-state index contributed by atoms with van der Waals surface area (Å²) in [5, 5.41) is 11.5. The van der Waals surface area contributed by atoms with Crippen molar-refractivity contribution in [3.63, 3.8) is 0 Å². The number of carbonyl (C=O) groups excluding carboxylic acids is 2. The zero-order chi connectivity index (χ0) is 27.0. The normalized spacial score (nSPS) is 18.3. The number of anilines is 1. The summed E-state index contributed by atoms with van der Waals surface area (Å²) in [6.45, 7) is 0. The van der Waals surface area contributed by atoms with Crippen LogP contribution in [0, 0.1) is 5.82 Å². The third-order valence-electron chi connectivity index (χ3n) is 7.16. The van der Waals surface area contributed by atoms with Crippen molar-refractivity contribution in [3.8, 4) is 17.2 Å². The average Bonchev–Trinajstić information content (AvgIpc) is 3.21. The van der Waals surface area contributed by atoms with E-state index in [-0.39, 0.29) is 17.0 Å². The van der Waals surface area contributed by atoms with Gasteiger partial charge < -0.3 is 19.3 Å². The lowest BCUT2D eigenvalue weighted by atomic mass is 9.88. The summed E-state index contributed by atoms with van der Waals surface area (Å²) in [6, 6.07) is 13.2. The Morgan fingerprint density at radius 3 is 2.21 bits per heavy atom. The number of halogens is 1. The summed E-state index contributed by atoms with van der Waals surface area (Å²) < 4.78 is 30.7. The third kappa shape index (κ3) is 4.26. The van der Waals surface area contributed by atoms with Crippen LogP contribution in [-0.2, 0) is 22.4 Å². The van der Waals surface area contributed by atoms with Crippen molar-refractivity contribution in [2.24, 2.45) is 0 Å². The lowest BCUT2D eigenvalue weighted by Gasteiger charge is -2.26. The van der Waals surface area contributed by atoms with Crippen LogP contribution in [0.1, 0.15) is 41.1 Å². The molecule has 0 radical (unpaired) electrons. The molecule has 1 amide bonds. The molecule has 7 nitrogen and oxygen atoms in total. The molecule has 1 saturated heterocycles. The highest BCUT2D eigenvalue weighted by Crippen LogP contribution is 2.47. The topological polar surface area (TPSA) is 85.3 Å². The van der Waals surface area contributed by atoms with Crippen molar-refractivity contribution in [3.05, 3.63) is 88.2 Å². The van der Waals surface area contributed by atoms with Gasteiger partial charge in [-0.1, -0.05) is 18.2 Å². The first-order chi connectivity index (χ1) is 18.4. The Morgan fingerprint density at radius 2 is 1.58 bits per heavy atom. The first-order valence-electron chi connectivity index (χ1n) is 12.4. The number of hydrogen-bond donors (Lipinski definition) is 1. The number of benzene rings is 3. The molecule has 3 aromatic rings. The third-order valence-corrected chi connectivity index (χ3v) is 7.16. The summed E-state index contributed by atoms with van der Waals surface area (Å²) in [6.07, 6.45) is 4.00. The smallest absolute Gasteiger partial charge is 0.300 e. The number of carbonyl (C=O) groups is 2. The molecule has 8 heteroatoms. The number of aliphatic hydroxyl groups is 1. The Morgan fingerprint density at radius 1 is 0.895 bits per heavy atom. The number of Topliss-reactive ketones (excluding diaryl/α,β-unsaturated/α-hetero) is 1. The van der Waals surface area contributed by atoms with Crippen molar-refractivity contribution in [2.75, 3.05) is 26.2 Å². The summed E-state index contributed by atoms with van der Waals surface area (Å²) in [5.41, 5.74) is 3.26. The first kappa shape index (κ1) is 25.3. The first-order valence-corrected chi connectivity index (χ1v) is 12.4. The molecule has 38 heavy (non-hydrogen) atoms. The van der Waals surface area contributed by atoms with E-state index in [1.165, 1.54) is 56.1 Å². The second-order valence-corrected chi connectivity index (χ2v) is 9.30. The van der Waals surface area contributed by atoms with Gasteiger partial charge in [-0.3, -0.25) is 14.5 Å². The molecule has 1 atom stereocenters. The van der Waals surface area contributed by atoms with Crippen LogP contribution in [0.5, 0.6) is 17.2 Å². The number of hydrogen-bond acceptors (Lipinski definition) is 6. The predicted molar refractivity (Wildman–Crippen MR) is 140 cm³/mol. The molecule has 1 fully saturated rings. The molecular weight excluding hydrogens is 489 g/mol. The quantitative estimate of drug-likeness (QED) is 0.269. The Labute approximate surface area is 220 Å². The van der Waals surface area contributed by atoms with Crippen molar-refractivity contribution in [1.29, 1.82) is 0 Å². The fourth-order valence-electron chi connectivity index (χ4n) is 5.34. The molecule has 1 aliphatic carbocycles.